The van der Waals surface area contributed by atoms with Crippen molar-refractivity contribution in [2.75, 3.05) is 26.7 Å². The van der Waals surface area contributed by atoms with Gasteiger partial charge in [-0.25, -0.2) is 4.98 Å². The Bertz CT molecular complexity index is 731. The van der Waals surface area contributed by atoms with Crippen LogP contribution in [-0.4, -0.2) is 52.3 Å². The van der Waals surface area contributed by atoms with E-state index in [0.29, 0.717) is 18.3 Å². The molecule has 1 aromatic carbocycles. The number of methoxy groups -OCH3 is 1. The van der Waals surface area contributed by atoms with Gasteiger partial charge in [0.15, 0.2) is 0 Å². The van der Waals surface area contributed by atoms with Gasteiger partial charge in [0, 0.05) is 38.5 Å². The van der Waals surface area contributed by atoms with E-state index in [2.05, 4.69) is 32.4 Å². The monoisotopic (exact) mass is 355 g/mol. The minimum Gasteiger partial charge on any atom is -0.497 e. The lowest BCUT2D eigenvalue weighted by Gasteiger charge is -2.28. The van der Waals surface area contributed by atoms with Crippen LogP contribution in [0.25, 0.3) is 0 Å². The fraction of sp³-hybridized carbons (Fsp3) is 0.526. The van der Waals surface area contributed by atoms with Crippen molar-refractivity contribution in [2.24, 2.45) is 11.8 Å². The highest BCUT2D eigenvalue weighted by atomic mass is 16.5. The van der Waals surface area contributed by atoms with Gasteiger partial charge in [-0.2, -0.15) is 5.10 Å². The third-order valence-electron chi connectivity index (χ3n) is 5.59. The number of hydrogen-bond donors (Lipinski definition) is 1. The zero-order valence-corrected chi connectivity index (χ0v) is 15.0. The molecule has 2 aliphatic heterocycles. The molecule has 1 amide bonds. The molecule has 2 aromatic rings. The molecule has 0 spiro atoms. The van der Waals surface area contributed by atoms with Gasteiger partial charge in [0.1, 0.15) is 18.4 Å². The second kappa shape index (κ2) is 7.45. The highest BCUT2D eigenvalue weighted by Gasteiger charge is 2.46. The van der Waals surface area contributed by atoms with Crippen LogP contribution in [0.3, 0.4) is 0 Å². The number of carbonyl (C=O) groups is 1. The van der Waals surface area contributed by atoms with E-state index in [0.717, 1.165) is 38.3 Å². The van der Waals surface area contributed by atoms with Gasteiger partial charge in [0.25, 0.3) is 0 Å². The molecule has 0 unspecified atom stereocenters. The summed E-state index contributed by atoms with van der Waals surface area (Å²) in [5.74, 6) is 2.11. The number of carbonyl (C=O) groups excluding carboxylic acids is 1. The van der Waals surface area contributed by atoms with E-state index in [1.807, 2.05) is 12.1 Å². The number of aryl methyl sites for hydroxylation is 1. The number of likely N-dealkylation sites (tertiary alicyclic amines) is 1. The quantitative estimate of drug-likeness (QED) is 0.850. The van der Waals surface area contributed by atoms with Crippen LogP contribution in [0.1, 0.15) is 24.4 Å². The third kappa shape index (κ3) is 3.31. The summed E-state index contributed by atoms with van der Waals surface area (Å²) >= 11 is 0. The van der Waals surface area contributed by atoms with Crippen LogP contribution >= 0.6 is 0 Å². The van der Waals surface area contributed by atoms with E-state index in [1.54, 1.807) is 18.1 Å². The standard InChI is InChI=1S/C19H25N5O2/c1-26-16-6-4-14(5-7-16)19-17-10-20-9-15(17)11-24(19)18(25)3-2-8-23-13-21-12-22-23/h4-7,12-13,15,17,19-20H,2-3,8-11H2,1H3/t15-,17-,19-/m0/s1. The van der Waals surface area contributed by atoms with Crippen molar-refractivity contribution in [1.82, 2.24) is 25.0 Å². The van der Waals surface area contributed by atoms with Crippen molar-refractivity contribution < 1.29 is 9.53 Å². The van der Waals surface area contributed by atoms with E-state index in [4.69, 9.17) is 4.74 Å². The first-order valence-electron chi connectivity index (χ1n) is 9.23. The Kier molecular flexibility index (Phi) is 4.88. The average molecular weight is 355 g/mol. The first-order chi connectivity index (χ1) is 12.8. The predicted octanol–water partition coefficient (Wildman–Crippen LogP) is 1.49. The normalized spacial score (nSPS) is 24.7. The number of nitrogens with zero attached hydrogens (tertiary/aromatic N) is 4. The third-order valence-corrected chi connectivity index (χ3v) is 5.59. The summed E-state index contributed by atoms with van der Waals surface area (Å²) in [6, 6.07) is 8.32. The van der Waals surface area contributed by atoms with Crippen molar-refractivity contribution in [3.05, 3.63) is 42.5 Å². The number of fused-ring (bicyclic) bond motifs is 1. The fourth-order valence-corrected chi connectivity index (χ4v) is 4.29. The van der Waals surface area contributed by atoms with Crippen LogP contribution in [0.15, 0.2) is 36.9 Å². The molecule has 26 heavy (non-hydrogen) atoms. The van der Waals surface area contributed by atoms with Crippen molar-refractivity contribution in [3.8, 4) is 5.75 Å². The Morgan fingerprint density at radius 2 is 2.15 bits per heavy atom. The van der Waals surface area contributed by atoms with Gasteiger partial charge < -0.3 is 15.0 Å². The van der Waals surface area contributed by atoms with Crippen LogP contribution in [-0.2, 0) is 11.3 Å². The lowest BCUT2D eigenvalue weighted by Crippen LogP contribution is -2.34. The first-order valence-corrected chi connectivity index (χ1v) is 9.23. The summed E-state index contributed by atoms with van der Waals surface area (Å²) in [5, 5.41) is 7.58. The van der Waals surface area contributed by atoms with Crippen molar-refractivity contribution >= 4 is 5.91 Å². The van der Waals surface area contributed by atoms with Crippen molar-refractivity contribution in [3.63, 3.8) is 0 Å². The largest absolute Gasteiger partial charge is 0.497 e. The number of hydrogen-bond acceptors (Lipinski definition) is 5. The number of aromatic nitrogens is 3. The lowest BCUT2D eigenvalue weighted by atomic mass is 9.89. The Balaban J connectivity index is 1.46. The summed E-state index contributed by atoms with van der Waals surface area (Å²) < 4.78 is 7.05. The maximum Gasteiger partial charge on any atom is 0.223 e. The van der Waals surface area contributed by atoms with Crippen LogP contribution in [0, 0.1) is 11.8 Å². The first kappa shape index (κ1) is 17.0. The number of ether oxygens (including phenoxy) is 1. The zero-order valence-electron chi connectivity index (χ0n) is 15.0. The van der Waals surface area contributed by atoms with Gasteiger partial charge in [0.2, 0.25) is 5.91 Å². The highest BCUT2D eigenvalue weighted by molar-refractivity contribution is 5.77. The Labute approximate surface area is 153 Å². The molecule has 0 radical (unpaired) electrons. The van der Waals surface area contributed by atoms with Gasteiger partial charge in [-0.05, 0) is 30.0 Å². The van der Waals surface area contributed by atoms with Gasteiger partial charge in [0.05, 0.1) is 13.2 Å². The molecule has 0 saturated carbocycles. The molecule has 2 fully saturated rings. The number of benzene rings is 1. The van der Waals surface area contributed by atoms with E-state index < -0.39 is 0 Å². The molecule has 1 aromatic heterocycles. The number of amides is 1. The van der Waals surface area contributed by atoms with Crippen molar-refractivity contribution in [1.29, 1.82) is 0 Å². The molecular weight excluding hydrogens is 330 g/mol. The molecule has 7 nitrogen and oxygen atoms in total. The zero-order chi connectivity index (χ0) is 17.9. The molecule has 3 atom stereocenters. The minimum absolute atomic E-state index is 0.153. The Morgan fingerprint density at radius 1 is 1.31 bits per heavy atom. The molecule has 138 valence electrons. The fourth-order valence-electron chi connectivity index (χ4n) is 4.29. The van der Waals surface area contributed by atoms with E-state index in [1.165, 1.54) is 11.9 Å². The second-order valence-electron chi connectivity index (χ2n) is 7.11. The van der Waals surface area contributed by atoms with Crippen molar-refractivity contribution in [2.45, 2.75) is 25.4 Å². The second-order valence-corrected chi connectivity index (χ2v) is 7.11. The summed E-state index contributed by atoms with van der Waals surface area (Å²) in [6.07, 6.45) is 4.54. The smallest absolute Gasteiger partial charge is 0.223 e. The Morgan fingerprint density at radius 3 is 2.88 bits per heavy atom. The summed E-state index contributed by atoms with van der Waals surface area (Å²) in [7, 11) is 1.67. The van der Waals surface area contributed by atoms with E-state index in [-0.39, 0.29) is 11.9 Å². The molecule has 1 N–H and O–H groups in total. The van der Waals surface area contributed by atoms with Crippen LogP contribution in [0.2, 0.25) is 0 Å². The molecule has 0 aliphatic carbocycles. The molecule has 2 saturated heterocycles. The topological polar surface area (TPSA) is 72.3 Å². The SMILES string of the molecule is COc1ccc([C@H]2[C@H]3CNC[C@H]3CN2C(=O)CCCn2cncn2)cc1. The van der Waals surface area contributed by atoms with Crippen LogP contribution in [0.4, 0.5) is 0 Å². The summed E-state index contributed by atoms with van der Waals surface area (Å²) in [6.45, 7) is 3.54. The van der Waals surface area contributed by atoms with Gasteiger partial charge in [-0.15, -0.1) is 0 Å². The van der Waals surface area contributed by atoms with Crippen LogP contribution in [0.5, 0.6) is 5.75 Å². The molecule has 2 aliphatic rings. The van der Waals surface area contributed by atoms with Gasteiger partial charge in [-0.3, -0.25) is 9.48 Å². The maximum atomic E-state index is 12.9. The van der Waals surface area contributed by atoms with Gasteiger partial charge >= 0.3 is 0 Å². The molecule has 3 heterocycles. The molecule has 7 heteroatoms. The summed E-state index contributed by atoms with van der Waals surface area (Å²) in [4.78, 5) is 19.0. The Hall–Kier alpha value is -2.41. The summed E-state index contributed by atoms with van der Waals surface area (Å²) in [5.41, 5.74) is 1.20. The average Bonchev–Trinajstić information content (AvgIpc) is 3.39. The van der Waals surface area contributed by atoms with Crippen LogP contribution < -0.4 is 10.1 Å². The highest BCUT2D eigenvalue weighted by Crippen LogP contribution is 2.43. The number of rotatable bonds is 6. The van der Waals surface area contributed by atoms with Gasteiger partial charge in [-0.1, -0.05) is 12.1 Å². The molecule has 0 bridgehead atoms. The molecular formula is C19H25N5O2. The predicted molar refractivity (Wildman–Crippen MR) is 96.6 cm³/mol. The van der Waals surface area contributed by atoms with E-state index >= 15 is 0 Å². The maximum absolute atomic E-state index is 12.9. The minimum atomic E-state index is 0.153. The molecule has 4 rings (SSSR count). The lowest BCUT2D eigenvalue weighted by molar-refractivity contribution is -0.132. The van der Waals surface area contributed by atoms with E-state index in [9.17, 15) is 4.79 Å². The number of nitrogens with one attached hydrogen (secondary N) is 1.